The molecule has 0 fully saturated rings. The second-order valence-corrected chi connectivity index (χ2v) is 2.24. The zero-order valence-corrected chi connectivity index (χ0v) is 5.92. The Morgan fingerprint density at radius 1 is 0.769 bits per heavy atom. The number of alkyl halides is 3. The van der Waals surface area contributed by atoms with Crippen LogP contribution in [0.15, 0.2) is 12.1 Å². The van der Waals surface area contributed by atoms with Crippen LogP contribution in [0, 0.1) is 17.5 Å². The Hall–Kier alpha value is -1.20. The molecule has 0 nitrogen and oxygen atoms in total. The smallest absolute Gasteiger partial charge is 0.206 e. The molecule has 0 heterocycles. The summed E-state index contributed by atoms with van der Waals surface area (Å²) >= 11 is 0. The van der Waals surface area contributed by atoms with E-state index in [1.807, 2.05) is 0 Å². The van der Waals surface area contributed by atoms with Crippen molar-refractivity contribution >= 4 is 0 Å². The highest BCUT2D eigenvalue weighted by Gasteiger charge is 2.35. The second kappa shape index (κ2) is 2.93. The van der Waals surface area contributed by atoms with Crippen molar-refractivity contribution in [2.45, 2.75) is 6.18 Å². The lowest BCUT2D eigenvalue weighted by Gasteiger charge is -2.07. The average molecular weight is 200 g/mol. The highest BCUT2D eigenvalue weighted by Crippen LogP contribution is 2.32. The van der Waals surface area contributed by atoms with E-state index in [2.05, 4.69) is 0 Å². The van der Waals surface area contributed by atoms with Gasteiger partial charge in [-0.3, -0.25) is 0 Å². The predicted molar refractivity (Wildman–Crippen MR) is 31.3 cm³/mol. The third-order valence-corrected chi connectivity index (χ3v) is 1.32. The van der Waals surface area contributed by atoms with Gasteiger partial charge in [0.2, 0.25) is 0 Å². The van der Waals surface area contributed by atoms with E-state index in [1.54, 1.807) is 0 Å². The van der Waals surface area contributed by atoms with E-state index in [9.17, 15) is 26.3 Å². The highest BCUT2D eigenvalue weighted by molar-refractivity contribution is 5.22. The molecule has 6 heteroatoms. The fourth-order valence-corrected chi connectivity index (χ4v) is 0.740. The van der Waals surface area contributed by atoms with Crippen LogP contribution in [0.5, 0.6) is 0 Å². The zero-order chi connectivity index (χ0) is 10.2. The first-order valence-electron chi connectivity index (χ1n) is 3.04. The van der Waals surface area contributed by atoms with Crippen LogP contribution in [0.2, 0.25) is 0 Å². The van der Waals surface area contributed by atoms with Gasteiger partial charge in [0.05, 0.1) is 5.56 Å². The topological polar surface area (TPSA) is 0 Å². The van der Waals surface area contributed by atoms with Crippen LogP contribution in [0.1, 0.15) is 5.56 Å². The Bertz CT molecular complexity index is 326. The first-order valence-corrected chi connectivity index (χ1v) is 3.04. The summed E-state index contributed by atoms with van der Waals surface area (Å²) in [7, 11) is 0. The summed E-state index contributed by atoms with van der Waals surface area (Å²) in [6.07, 6.45) is -5.02. The molecular weight excluding hydrogens is 198 g/mol. The van der Waals surface area contributed by atoms with Crippen molar-refractivity contribution in [2.24, 2.45) is 0 Å². The van der Waals surface area contributed by atoms with Gasteiger partial charge in [-0.15, -0.1) is 0 Å². The third kappa shape index (κ3) is 1.93. The van der Waals surface area contributed by atoms with Crippen LogP contribution in [-0.4, -0.2) is 0 Å². The minimum Gasteiger partial charge on any atom is -0.206 e. The second-order valence-electron chi connectivity index (χ2n) is 2.24. The summed E-state index contributed by atoms with van der Waals surface area (Å²) < 4.78 is 72.3. The highest BCUT2D eigenvalue weighted by atomic mass is 19.4. The Morgan fingerprint density at radius 3 is 1.69 bits per heavy atom. The Labute approximate surface area is 68.8 Å². The molecule has 0 amide bonds. The van der Waals surface area contributed by atoms with Gasteiger partial charge in [-0.1, -0.05) is 0 Å². The van der Waals surface area contributed by atoms with Crippen LogP contribution in [0.25, 0.3) is 0 Å². The summed E-state index contributed by atoms with van der Waals surface area (Å²) in [6.45, 7) is 0. The van der Waals surface area contributed by atoms with Crippen LogP contribution in [-0.2, 0) is 6.18 Å². The lowest BCUT2D eigenvalue weighted by atomic mass is 10.2. The lowest BCUT2D eigenvalue weighted by Crippen LogP contribution is -2.09. The molecule has 0 aliphatic rings. The molecule has 0 bridgehead atoms. The van der Waals surface area contributed by atoms with Gasteiger partial charge in [0.15, 0.2) is 11.6 Å². The third-order valence-electron chi connectivity index (χ3n) is 1.32. The van der Waals surface area contributed by atoms with E-state index in [0.717, 1.165) is 0 Å². The Kier molecular flexibility index (Phi) is 2.23. The molecule has 0 aromatic heterocycles. The summed E-state index contributed by atoms with van der Waals surface area (Å²) in [5.74, 6) is -5.20. The van der Waals surface area contributed by atoms with Crippen molar-refractivity contribution in [1.29, 1.82) is 0 Å². The average Bonchev–Trinajstić information content (AvgIpc) is 1.94. The van der Waals surface area contributed by atoms with Crippen LogP contribution in [0.3, 0.4) is 0 Å². The predicted octanol–water partition coefficient (Wildman–Crippen LogP) is 3.12. The molecule has 1 rings (SSSR count). The van der Waals surface area contributed by atoms with Crippen LogP contribution >= 0.6 is 0 Å². The molecule has 0 aliphatic carbocycles. The Balaban J connectivity index is 3.32. The summed E-state index contributed by atoms with van der Waals surface area (Å²) in [4.78, 5) is 0. The maximum atomic E-state index is 12.4. The SMILES string of the molecule is Fc1cc(F)c(C(F)(F)F)cc1F. The first-order chi connectivity index (χ1) is 5.82. The number of halogens is 6. The monoisotopic (exact) mass is 200 g/mol. The van der Waals surface area contributed by atoms with E-state index in [0.29, 0.717) is 0 Å². The summed E-state index contributed by atoms with van der Waals surface area (Å²) in [5, 5.41) is 0. The molecule has 0 saturated carbocycles. The lowest BCUT2D eigenvalue weighted by molar-refractivity contribution is -0.140. The molecule has 1 aromatic carbocycles. The van der Waals surface area contributed by atoms with E-state index in [4.69, 9.17) is 0 Å². The van der Waals surface area contributed by atoms with Crippen molar-refractivity contribution < 1.29 is 26.3 Å². The van der Waals surface area contributed by atoms with Gasteiger partial charge in [-0.2, -0.15) is 13.2 Å². The molecule has 1 aromatic rings. The molecule has 72 valence electrons. The number of hydrogen-bond acceptors (Lipinski definition) is 0. The van der Waals surface area contributed by atoms with Crippen molar-refractivity contribution in [1.82, 2.24) is 0 Å². The molecular formula is C7H2F6. The maximum absolute atomic E-state index is 12.4. The van der Waals surface area contributed by atoms with Gasteiger partial charge in [0.1, 0.15) is 5.82 Å². The molecule has 0 N–H and O–H groups in total. The maximum Gasteiger partial charge on any atom is 0.419 e. The minimum absolute atomic E-state index is 0.141. The van der Waals surface area contributed by atoms with Gasteiger partial charge >= 0.3 is 6.18 Å². The largest absolute Gasteiger partial charge is 0.419 e. The van der Waals surface area contributed by atoms with Gasteiger partial charge in [-0.25, -0.2) is 13.2 Å². The van der Waals surface area contributed by atoms with Crippen molar-refractivity contribution in [3.8, 4) is 0 Å². The molecule has 0 aliphatic heterocycles. The fourth-order valence-electron chi connectivity index (χ4n) is 0.740. The van der Waals surface area contributed by atoms with Gasteiger partial charge in [-0.05, 0) is 6.07 Å². The van der Waals surface area contributed by atoms with Gasteiger partial charge in [0, 0.05) is 6.07 Å². The molecule has 13 heavy (non-hydrogen) atoms. The van der Waals surface area contributed by atoms with Crippen molar-refractivity contribution in [3.05, 3.63) is 35.1 Å². The normalized spacial score (nSPS) is 11.8. The van der Waals surface area contributed by atoms with Gasteiger partial charge < -0.3 is 0 Å². The standard InChI is InChI=1S/C7H2F6/c8-4-2-6(10)5(9)1-3(4)7(11,12)13/h1-2H. The minimum atomic E-state index is -5.02. The van der Waals surface area contributed by atoms with Crippen molar-refractivity contribution in [3.63, 3.8) is 0 Å². The summed E-state index contributed by atoms with van der Waals surface area (Å²) in [5.41, 5.74) is -1.81. The first kappa shape index (κ1) is 9.88. The molecule has 0 spiro atoms. The van der Waals surface area contributed by atoms with E-state index >= 15 is 0 Å². The Morgan fingerprint density at radius 2 is 1.23 bits per heavy atom. The molecule has 0 saturated heterocycles. The van der Waals surface area contributed by atoms with Crippen LogP contribution < -0.4 is 0 Å². The van der Waals surface area contributed by atoms with E-state index in [1.165, 1.54) is 0 Å². The number of hydrogen-bond donors (Lipinski definition) is 0. The van der Waals surface area contributed by atoms with E-state index < -0.39 is 29.2 Å². The van der Waals surface area contributed by atoms with Crippen LogP contribution in [0.4, 0.5) is 26.3 Å². The zero-order valence-electron chi connectivity index (χ0n) is 5.92. The molecule has 0 unspecified atom stereocenters. The quantitative estimate of drug-likeness (QED) is 0.445. The number of rotatable bonds is 0. The number of benzene rings is 1. The summed E-state index contributed by atoms with van der Waals surface area (Å²) in [6, 6.07) is -0.358. The van der Waals surface area contributed by atoms with E-state index in [-0.39, 0.29) is 12.1 Å². The fraction of sp³-hybridized carbons (Fsp3) is 0.143. The van der Waals surface area contributed by atoms with Crippen molar-refractivity contribution in [2.75, 3.05) is 0 Å². The van der Waals surface area contributed by atoms with Gasteiger partial charge in [0.25, 0.3) is 0 Å². The molecule has 0 radical (unpaired) electrons. The molecule has 0 atom stereocenters.